The van der Waals surface area contributed by atoms with Crippen LogP contribution in [-0.4, -0.2) is 10.9 Å². The number of carbonyl (C=O) groups is 1. The standard InChI is InChI=1S/C16H14O2S/c1-3-10-16(2)18-15(17)14-12-7-5-4-6-11(12)8-9-13(14)19-16/h3-10H,1-2H3/b10-3-. The van der Waals surface area contributed by atoms with Crippen LogP contribution in [0, 0.1) is 0 Å². The molecule has 1 aliphatic rings. The van der Waals surface area contributed by atoms with Crippen molar-refractivity contribution in [2.75, 3.05) is 0 Å². The maximum atomic E-state index is 12.3. The van der Waals surface area contributed by atoms with Gasteiger partial charge in [-0.2, -0.15) is 0 Å². The normalized spacial score (nSPS) is 22.5. The molecule has 1 aliphatic heterocycles. The van der Waals surface area contributed by atoms with Crippen LogP contribution in [0.2, 0.25) is 0 Å². The van der Waals surface area contributed by atoms with Gasteiger partial charge < -0.3 is 4.74 Å². The van der Waals surface area contributed by atoms with Crippen molar-refractivity contribution in [2.24, 2.45) is 0 Å². The minimum atomic E-state index is -0.610. The van der Waals surface area contributed by atoms with Crippen molar-refractivity contribution >= 4 is 28.5 Å². The second-order valence-corrected chi connectivity index (χ2v) is 6.12. The number of fused-ring (bicyclic) bond motifs is 3. The van der Waals surface area contributed by atoms with Gasteiger partial charge in [0.15, 0.2) is 4.93 Å². The number of esters is 1. The summed E-state index contributed by atoms with van der Waals surface area (Å²) in [7, 11) is 0. The minimum absolute atomic E-state index is 0.244. The highest BCUT2D eigenvalue weighted by Gasteiger charge is 2.35. The van der Waals surface area contributed by atoms with Crippen LogP contribution in [0.1, 0.15) is 24.2 Å². The molecule has 0 N–H and O–H groups in total. The van der Waals surface area contributed by atoms with Gasteiger partial charge in [0.2, 0.25) is 0 Å². The first kappa shape index (κ1) is 12.3. The fourth-order valence-corrected chi connectivity index (χ4v) is 3.58. The molecule has 2 aromatic rings. The first-order valence-electron chi connectivity index (χ1n) is 6.21. The van der Waals surface area contributed by atoms with E-state index < -0.39 is 4.93 Å². The predicted octanol–water partition coefficient (Wildman–Crippen LogP) is 4.39. The predicted molar refractivity (Wildman–Crippen MR) is 78.4 cm³/mol. The topological polar surface area (TPSA) is 26.3 Å². The fraction of sp³-hybridized carbons (Fsp3) is 0.188. The number of hydrogen-bond acceptors (Lipinski definition) is 3. The van der Waals surface area contributed by atoms with E-state index >= 15 is 0 Å². The largest absolute Gasteiger partial charge is 0.440 e. The summed E-state index contributed by atoms with van der Waals surface area (Å²) >= 11 is 1.57. The molecule has 1 unspecified atom stereocenters. The van der Waals surface area contributed by atoms with Crippen molar-refractivity contribution in [1.29, 1.82) is 0 Å². The third-order valence-electron chi connectivity index (χ3n) is 3.17. The van der Waals surface area contributed by atoms with Crippen LogP contribution >= 0.6 is 11.8 Å². The smallest absolute Gasteiger partial charge is 0.341 e. The quantitative estimate of drug-likeness (QED) is 0.567. The van der Waals surface area contributed by atoms with Gasteiger partial charge in [0.25, 0.3) is 0 Å². The number of thioether (sulfide) groups is 1. The van der Waals surface area contributed by atoms with Gasteiger partial charge in [0, 0.05) is 4.90 Å². The lowest BCUT2D eigenvalue weighted by Gasteiger charge is -2.31. The maximum absolute atomic E-state index is 12.3. The SMILES string of the molecule is C/C=C\C1(C)OC(=O)c2c(ccc3ccccc23)S1. The molecule has 0 bridgehead atoms. The Morgan fingerprint density at radius 3 is 2.79 bits per heavy atom. The van der Waals surface area contributed by atoms with Gasteiger partial charge in [-0.3, -0.25) is 0 Å². The van der Waals surface area contributed by atoms with Crippen LogP contribution < -0.4 is 0 Å². The summed E-state index contributed by atoms with van der Waals surface area (Å²) in [6.07, 6.45) is 3.82. The van der Waals surface area contributed by atoms with E-state index in [2.05, 4.69) is 6.07 Å². The second kappa shape index (κ2) is 4.42. The van der Waals surface area contributed by atoms with E-state index in [0.29, 0.717) is 5.56 Å². The van der Waals surface area contributed by atoms with Crippen LogP contribution in [0.25, 0.3) is 10.8 Å². The highest BCUT2D eigenvalue weighted by atomic mass is 32.2. The molecule has 1 atom stereocenters. The van der Waals surface area contributed by atoms with Crippen molar-refractivity contribution in [2.45, 2.75) is 23.7 Å². The fourth-order valence-electron chi connectivity index (χ4n) is 2.39. The van der Waals surface area contributed by atoms with Crippen LogP contribution in [0.15, 0.2) is 53.4 Å². The van der Waals surface area contributed by atoms with Crippen LogP contribution in [0.5, 0.6) is 0 Å². The zero-order chi connectivity index (χ0) is 13.5. The molecule has 96 valence electrons. The molecular formula is C16H14O2S. The molecule has 0 aromatic heterocycles. The Balaban J connectivity index is 2.21. The molecule has 0 saturated carbocycles. The average molecular weight is 270 g/mol. The van der Waals surface area contributed by atoms with Crippen molar-refractivity contribution < 1.29 is 9.53 Å². The Bertz CT molecular complexity index is 690. The molecule has 0 amide bonds. The van der Waals surface area contributed by atoms with E-state index in [-0.39, 0.29) is 5.97 Å². The van der Waals surface area contributed by atoms with E-state index in [1.165, 1.54) is 0 Å². The number of ether oxygens (including phenoxy) is 1. The van der Waals surface area contributed by atoms with Gasteiger partial charge >= 0.3 is 5.97 Å². The Hall–Kier alpha value is -1.74. The average Bonchev–Trinajstić information content (AvgIpc) is 2.37. The zero-order valence-corrected chi connectivity index (χ0v) is 11.7. The lowest BCUT2D eigenvalue weighted by molar-refractivity contribution is 0.0341. The molecule has 19 heavy (non-hydrogen) atoms. The summed E-state index contributed by atoms with van der Waals surface area (Å²) in [6.45, 7) is 3.84. The third-order valence-corrected chi connectivity index (χ3v) is 4.36. The summed E-state index contributed by atoms with van der Waals surface area (Å²) in [6, 6.07) is 11.9. The number of benzene rings is 2. The van der Waals surface area contributed by atoms with Crippen molar-refractivity contribution in [1.82, 2.24) is 0 Å². The second-order valence-electron chi connectivity index (χ2n) is 4.67. The van der Waals surface area contributed by atoms with Gasteiger partial charge in [-0.05, 0) is 36.8 Å². The third kappa shape index (κ3) is 2.04. The molecule has 2 nitrogen and oxygen atoms in total. The van der Waals surface area contributed by atoms with Crippen LogP contribution in [0.3, 0.4) is 0 Å². The minimum Gasteiger partial charge on any atom is -0.440 e. The molecule has 2 aromatic carbocycles. The summed E-state index contributed by atoms with van der Waals surface area (Å²) in [5.74, 6) is -0.244. The summed E-state index contributed by atoms with van der Waals surface area (Å²) in [5, 5.41) is 2.02. The van der Waals surface area contributed by atoms with E-state index in [4.69, 9.17) is 4.74 Å². The van der Waals surface area contributed by atoms with Crippen molar-refractivity contribution in [3.63, 3.8) is 0 Å². The molecule has 3 rings (SSSR count). The maximum Gasteiger partial charge on any atom is 0.341 e. The molecule has 1 heterocycles. The molecule has 0 spiro atoms. The number of cyclic esters (lactones) is 1. The highest BCUT2D eigenvalue weighted by Crippen LogP contribution is 2.44. The van der Waals surface area contributed by atoms with Crippen LogP contribution in [0.4, 0.5) is 0 Å². The van der Waals surface area contributed by atoms with Gasteiger partial charge in [-0.1, -0.05) is 48.2 Å². The highest BCUT2D eigenvalue weighted by molar-refractivity contribution is 8.00. The number of rotatable bonds is 1. The summed E-state index contributed by atoms with van der Waals surface area (Å²) in [4.78, 5) is 12.7. The lowest BCUT2D eigenvalue weighted by atomic mass is 10.0. The van der Waals surface area contributed by atoms with Crippen molar-refractivity contribution in [3.05, 3.63) is 54.1 Å². The molecular weight excluding hydrogens is 256 g/mol. The Kier molecular flexibility index (Phi) is 2.86. The van der Waals surface area contributed by atoms with E-state index in [1.54, 1.807) is 11.8 Å². The molecule has 0 saturated heterocycles. The Morgan fingerprint density at radius 2 is 2.00 bits per heavy atom. The molecule has 3 heteroatoms. The number of hydrogen-bond donors (Lipinski definition) is 0. The van der Waals surface area contributed by atoms with E-state index in [1.807, 2.05) is 56.3 Å². The Morgan fingerprint density at radius 1 is 1.21 bits per heavy atom. The summed E-state index contributed by atoms with van der Waals surface area (Å²) < 4.78 is 5.59. The van der Waals surface area contributed by atoms with Gasteiger partial charge in [0.1, 0.15) is 0 Å². The monoisotopic (exact) mass is 270 g/mol. The van der Waals surface area contributed by atoms with Gasteiger partial charge in [-0.25, -0.2) is 4.79 Å². The summed E-state index contributed by atoms with van der Waals surface area (Å²) in [5.41, 5.74) is 0.685. The lowest BCUT2D eigenvalue weighted by Crippen LogP contribution is -2.30. The van der Waals surface area contributed by atoms with Crippen LogP contribution in [-0.2, 0) is 4.74 Å². The number of carbonyl (C=O) groups excluding carboxylic acids is 1. The molecule has 0 aliphatic carbocycles. The van der Waals surface area contributed by atoms with E-state index in [9.17, 15) is 4.79 Å². The van der Waals surface area contributed by atoms with Gasteiger partial charge in [0.05, 0.1) is 5.56 Å². The van der Waals surface area contributed by atoms with E-state index in [0.717, 1.165) is 15.7 Å². The van der Waals surface area contributed by atoms with Crippen molar-refractivity contribution in [3.8, 4) is 0 Å². The number of allylic oxidation sites excluding steroid dienone is 1. The van der Waals surface area contributed by atoms with Gasteiger partial charge in [-0.15, -0.1) is 0 Å². The first-order valence-corrected chi connectivity index (χ1v) is 7.02. The Labute approximate surface area is 116 Å². The zero-order valence-electron chi connectivity index (χ0n) is 10.8. The molecule has 0 radical (unpaired) electrons. The molecule has 0 fully saturated rings. The first-order chi connectivity index (χ1) is 9.13.